The molecular formula is C32H36ClF2N5O2. The van der Waals surface area contributed by atoms with E-state index in [1.165, 1.54) is 17.0 Å². The summed E-state index contributed by atoms with van der Waals surface area (Å²) < 4.78 is 30.0. The number of aliphatic imine (C=N–C) groups is 1. The van der Waals surface area contributed by atoms with E-state index in [0.717, 1.165) is 23.3 Å². The first-order chi connectivity index (χ1) is 20.3. The number of hydrogen-bond donors (Lipinski definition) is 1. The summed E-state index contributed by atoms with van der Waals surface area (Å²) in [5.41, 5.74) is 2.26. The highest BCUT2D eigenvalue weighted by Gasteiger charge is 2.29. The van der Waals surface area contributed by atoms with Crippen molar-refractivity contribution < 1.29 is 18.4 Å². The lowest BCUT2D eigenvalue weighted by Crippen LogP contribution is -2.45. The van der Waals surface area contributed by atoms with Gasteiger partial charge in [0.05, 0.1) is 27.5 Å². The summed E-state index contributed by atoms with van der Waals surface area (Å²) in [4.78, 5) is 36.7. The van der Waals surface area contributed by atoms with Crippen LogP contribution in [0.4, 0.5) is 20.3 Å². The molecule has 0 bridgehead atoms. The Bertz CT molecular complexity index is 1420. The number of amides is 2. The maximum atomic E-state index is 15.0. The lowest BCUT2D eigenvalue weighted by molar-refractivity contribution is -0.109. The number of aryl methyl sites for hydroxylation is 2. The van der Waals surface area contributed by atoms with Crippen molar-refractivity contribution in [3.05, 3.63) is 88.5 Å². The van der Waals surface area contributed by atoms with Gasteiger partial charge in [0, 0.05) is 26.2 Å². The van der Waals surface area contributed by atoms with Crippen molar-refractivity contribution in [1.82, 2.24) is 15.2 Å². The fourth-order valence-electron chi connectivity index (χ4n) is 4.96. The second-order valence-corrected chi connectivity index (χ2v) is 9.99. The molecule has 2 amide bonds. The van der Waals surface area contributed by atoms with Crippen LogP contribution in [0.1, 0.15) is 43.9 Å². The molecule has 0 saturated carbocycles. The number of pyridine rings is 1. The smallest absolute Gasteiger partial charge is 0.219 e. The average molecular weight is 596 g/mol. The van der Waals surface area contributed by atoms with E-state index in [1.54, 1.807) is 13.1 Å². The summed E-state index contributed by atoms with van der Waals surface area (Å²) in [6, 6.07) is 10.6. The molecule has 10 heteroatoms. The zero-order valence-corrected chi connectivity index (χ0v) is 25.1. The number of carbonyl (C=O) groups excluding carboxylic acids is 2. The van der Waals surface area contributed by atoms with Crippen LogP contribution in [0, 0.1) is 11.6 Å². The van der Waals surface area contributed by atoms with Crippen LogP contribution in [0.5, 0.6) is 0 Å². The summed E-state index contributed by atoms with van der Waals surface area (Å²) in [5, 5.41) is 2.68. The van der Waals surface area contributed by atoms with E-state index in [4.69, 9.17) is 16.6 Å². The van der Waals surface area contributed by atoms with Gasteiger partial charge in [0.2, 0.25) is 12.8 Å². The summed E-state index contributed by atoms with van der Waals surface area (Å²) in [5.74, 6) is -1.13. The molecule has 1 aromatic heterocycles. The Hall–Kier alpha value is -4.11. The quantitative estimate of drug-likeness (QED) is 0.100. The SMILES string of the molecule is C=CCCN(/C(=N/C)c1cc(Cl)c(-c2c(F)cccc2F)nc1N(C=O)c1c(CC)cccc1CC)C(C)CNC=O. The zero-order chi connectivity index (χ0) is 30.8. The number of amidine groups is 1. The standard InChI is InChI=1S/C32H36ClF2N5O2/c1-6-9-16-39(21(4)18-37-19-41)31(36-5)24-17-25(33)29(28-26(34)14-11-15-27(28)35)38-32(24)40(20-42)30-22(7-2)12-10-13-23(30)8-3/h6,10-15,17,19-21H,1,7-9,16,18H2,2-5H3,(H,37,41)/b36-31+. The van der Waals surface area contributed by atoms with E-state index in [-0.39, 0.29) is 22.6 Å². The second-order valence-electron chi connectivity index (χ2n) is 9.59. The molecule has 0 aliphatic carbocycles. The van der Waals surface area contributed by atoms with Gasteiger partial charge in [-0.25, -0.2) is 13.8 Å². The average Bonchev–Trinajstić information content (AvgIpc) is 2.99. The Morgan fingerprint density at radius 3 is 2.26 bits per heavy atom. The van der Waals surface area contributed by atoms with Gasteiger partial charge >= 0.3 is 0 Å². The summed E-state index contributed by atoms with van der Waals surface area (Å²) in [6.07, 6.45) is 4.87. The predicted molar refractivity (Wildman–Crippen MR) is 166 cm³/mol. The lowest BCUT2D eigenvalue weighted by Gasteiger charge is -2.34. The Labute approximate surface area is 250 Å². The van der Waals surface area contributed by atoms with Crippen LogP contribution < -0.4 is 10.2 Å². The number of para-hydroxylation sites is 1. The van der Waals surface area contributed by atoms with Crippen molar-refractivity contribution in [3.8, 4) is 11.3 Å². The van der Waals surface area contributed by atoms with Crippen molar-refractivity contribution in [1.29, 1.82) is 0 Å². The highest BCUT2D eigenvalue weighted by atomic mass is 35.5. The molecule has 0 fully saturated rings. The van der Waals surface area contributed by atoms with E-state index in [9.17, 15) is 9.59 Å². The van der Waals surface area contributed by atoms with Gasteiger partial charge in [0.1, 0.15) is 17.5 Å². The maximum Gasteiger partial charge on any atom is 0.219 e. The molecule has 0 aliphatic heterocycles. The molecule has 222 valence electrons. The third-order valence-corrected chi connectivity index (χ3v) is 7.31. The number of anilines is 2. The molecule has 1 heterocycles. The largest absolute Gasteiger partial charge is 0.357 e. The third kappa shape index (κ3) is 6.85. The maximum absolute atomic E-state index is 15.0. The summed E-state index contributed by atoms with van der Waals surface area (Å²) in [7, 11) is 1.60. The monoisotopic (exact) mass is 595 g/mol. The number of nitrogens with one attached hydrogen (secondary N) is 1. The van der Waals surface area contributed by atoms with Crippen molar-refractivity contribution in [2.75, 3.05) is 25.0 Å². The first kappa shape index (κ1) is 32.4. The van der Waals surface area contributed by atoms with Gasteiger partial charge in [0.25, 0.3) is 0 Å². The number of hydrogen-bond acceptors (Lipinski definition) is 4. The normalized spacial score (nSPS) is 12.0. The minimum atomic E-state index is -0.838. The number of carbonyl (C=O) groups is 2. The molecule has 0 saturated heterocycles. The number of halogens is 3. The summed E-state index contributed by atoms with van der Waals surface area (Å²) >= 11 is 6.71. The van der Waals surface area contributed by atoms with Crippen LogP contribution in [0.15, 0.2) is 60.1 Å². The Morgan fingerprint density at radius 1 is 1.12 bits per heavy atom. The van der Waals surface area contributed by atoms with E-state index >= 15 is 8.78 Å². The molecule has 3 rings (SSSR count). The Morgan fingerprint density at radius 2 is 1.74 bits per heavy atom. The first-order valence-electron chi connectivity index (χ1n) is 13.8. The molecule has 0 spiro atoms. The molecule has 1 atom stereocenters. The van der Waals surface area contributed by atoms with Gasteiger partial charge in [-0.05, 0) is 55.5 Å². The van der Waals surface area contributed by atoms with Crippen LogP contribution in [0.3, 0.4) is 0 Å². The Balaban J connectivity index is 2.42. The molecule has 0 radical (unpaired) electrons. The van der Waals surface area contributed by atoms with Crippen molar-refractivity contribution in [2.24, 2.45) is 4.99 Å². The number of rotatable bonds is 14. The highest BCUT2D eigenvalue weighted by Crippen LogP contribution is 2.39. The molecule has 1 unspecified atom stereocenters. The van der Waals surface area contributed by atoms with Crippen LogP contribution in [0.25, 0.3) is 11.3 Å². The number of benzene rings is 2. The fourth-order valence-corrected chi connectivity index (χ4v) is 5.20. The van der Waals surface area contributed by atoms with E-state index in [0.29, 0.717) is 62.3 Å². The fraction of sp³-hybridized carbons (Fsp3) is 0.312. The molecule has 2 aromatic carbocycles. The Kier molecular flexibility index (Phi) is 11.7. The molecule has 3 aromatic rings. The molecular weight excluding hydrogens is 560 g/mol. The van der Waals surface area contributed by atoms with Crippen molar-refractivity contribution >= 4 is 41.8 Å². The van der Waals surface area contributed by atoms with Gasteiger partial charge in [-0.2, -0.15) is 0 Å². The molecule has 7 nitrogen and oxygen atoms in total. The van der Waals surface area contributed by atoms with Crippen LogP contribution >= 0.6 is 11.6 Å². The van der Waals surface area contributed by atoms with Crippen molar-refractivity contribution in [3.63, 3.8) is 0 Å². The minimum Gasteiger partial charge on any atom is -0.357 e. The lowest BCUT2D eigenvalue weighted by atomic mass is 10.0. The van der Waals surface area contributed by atoms with Gasteiger partial charge in [-0.3, -0.25) is 19.5 Å². The van der Waals surface area contributed by atoms with Gasteiger partial charge in [-0.15, -0.1) is 6.58 Å². The van der Waals surface area contributed by atoms with Crippen LogP contribution in [-0.2, 0) is 22.4 Å². The predicted octanol–water partition coefficient (Wildman–Crippen LogP) is 6.49. The number of nitrogens with zero attached hydrogens (tertiary/aromatic N) is 4. The van der Waals surface area contributed by atoms with Crippen molar-refractivity contribution in [2.45, 2.75) is 46.1 Å². The van der Waals surface area contributed by atoms with Gasteiger partial charge in [0.15, 0.2) is 5.82 Å². The first-order valence-corrected chi connectivity index (χ1v) is 14.2. The second kappa shape index (κ2) is 15.2. The van der Waals surface area contributed by atoms with E-state index in [2.05, 4.69) is 16.9 Å². The van der Waals surface area contributed by atoms with E-state index in [1.807, 2.05) is 43.9 Å². The third-order valence-electron chi connectivity index (χ3n) is 7.02. The van der Waals surface area contributed by atoms with Gasteiger partial charge < -0.3 is 10.2 Å². The van der Waals surface area contributed by atoms with E-state index < -0.39 is 17.2 Å². The van der Waals surface area contributed by atoms with Crippen LogP contribution in [0.2, 0.25) is 5.02 Å². The molecule has 42 heavy (non-hydrogen) atoms. The summed E-state index contributed by atoms with van der Waals surface area (Å²) in [6.45, 7) is 10.5. The minimum absolute atomic E-state index is 0.0217. The highest BCUT2D eigenvalue weighted by molar-refractivity contribution is 6.33. The molecule has 1 N–H and O–H groups in total. The van der Waals surface area contributed by atoms with Crippen LogP contribution in [-0.4, -0.2) is 54.7 Å². The topological polar surface area (TPSA) is 77.9 Å². The molecule has 0 aliphatic rings. The number of aromatic nitrogens is 1. The van der Waals surface area contributed by atoms with Gasteiger partial charge in [-0.1, -0.05) is 55.8 Å². The zero-order valence-electron chi connectivity index (χ0n) is 24.3.